The van der Waals surface area contributed by atoms with Crippen LogP contribution in [0.4, 0.5) is 18.0 Å². The summed E-state index contributed by atoms with van der Waals surface area (Å²) in [6.07, 6.45) is -6.06. The van der Waals surface area contributed by atoms with Crippen LogP contribution in [0.5, 0.6) is 0 Å². The van der Waals surface area contributed by atoms with E-state index in [2.05, 4.69) is 5.32 Å². The van der Waals surface area contributed by atoms with E-state index in [0.29, 0.717) is 6.92 Å². The fraction of sp³-hybridized carbons (Fsp3) is 0.348. The number of benzene rings is 2. The number of halogens is 3. The van der Waals surface area contributed by atoms with Gasteiger partial charge < -0.3 is 20.5 Å². The maximum atomic E-state index is 13.2. The molecule has 0 bridgehead atoms. The molecule has 1 saturated carbocycles. The number of hydrogen-bond acceptors (Lipinski definition) is 4. The largest absolute Gasteiger partial charge is 0.479 e. The number of hydrogen-bond donors (Lipinski definition) is 3. The molecule has 2 aromatic rings. The second kappa shape index (κ2) is 7.79. The molecule has 174 valence electrons. The van der Waals surface area contributed by atoms with Crippen molar-refractivity contribution in [3.8, 4) is 11.1 Å². The Hall–Kier alpha value is -3.56. The predicted octanol–water partition coefficient (Wildman–Crippen LogP) is 3.58. The van der Waals surface area contributed by atoms with E-state index in [1.165, 1.54) is 5.32 Å². The zero-order valence-electron chi connectivity index (χ0n) is 17.5. The molecule has 3 N–H and O–H groups in total. The predicted molar refractivity (Wildman–Crippen MR) is 110 cm³/mol. The fourth-order valence-electron chi connectivity index (χ4n) is 3.96. The van der Waals surface area contributed by atoms with Gasteiger partial charge >= 0.3 is 18.2 Å². The number of alkyl halides is 3. The lowest BCUT2D eigenvalue weighted by Gasteiger charge is -2.30. The Morgan fingerprint density at radius 1 is 1.03 bits per heavy atom. The SMILES string of the molecule is CC(NC(=O)C1(NC(=O)OCC2c3ccccc3-c3ccccc32)CC1)(C(=O)O)C(F)(F)F. The normalized spacial score (nSPS) is 17.8. The fourth-order valence-corrected chi connectivity index (χ4v) is 3.96. The first-order chi connectivity index (χ1) is 15.5. The molecule has 1 fully saturated rings. The summed E-state index contributed by atoms with van der Waals surface area (Å²) in [6, 6.07) is 15.4. The molecule has 2 aliphatic carbocycles. The van der Waals surface area contributed by atoms with Gasteiger partial charge in [-0.05, 0) is 42.0 Å². The highest BCUT2D eigenvalue weighted by Gasteiger charge is 2.62. The number of fused-ring (bicyclic) bond motifs is 3. The van der Waals surface area contributed by atoms with Crippen molar-refractivity contribution in [2.45, 2.75) is 42.9 Å². The number of amides is 2. The molecule has 0 aliphatic heterocycles. The molecule has 0 radical (unpaired) electrons. The number of carbonyl (C=O) groups is 3. The maximum absolute atomic E-state index is 13.2. The Kier molecular flexibility index (Phi) is 5.34. The summed E-state index contributed by atoms with van der Waals surface area (Å²) < 4.78 is 45.0. The van der Waals surface area contributed by atoms with E-state index >= 15 is 0 Å². The molecular weight excluding hydrogens is 441 g/mol. The van der Waals surface area contributed by atoms with Crippen molar-refractivity contribution in [1.82, 2.24) is 10.6 Å². The van der Waals surface area contributed by atoms with Crippen LogP contribution in [0.25, 0.3) is 11.1 Å². The molecule has 1 unspecified atom stereocenters. The summed E-state index contributed by atoms with van der Waals surface area (Å²) >= 11 is 0. The van der Waals surface area contributed by atoms with Gasteiger partial charge in [0, 0.05) is 5.92 Å². The van der Waals surface area contributed by atoms with Crippen molar-refractivity contribution in [3.05, 3.63) is 59.7 Å². The minimum Gasteiger partial charge on any atom is -0.479 e. The standard InChI is InChI=1S/C23H21F3N2O5/c1-21(19(30)31,23(24,25)26)27-18(29)22(10-11-22)28-20(32)33-12-17-15-8-4-2-6-13(15)14-7-3-5-9-16(14)17/h2-9,17H,10-12H2,1H3,(H,27,29)(H,28,32)(H,30,31). The maximum Gasteiger partial charge on any atom is 0.422 e. The van der Waals surface area contributed by atoms with E-state index in [-0.39, 0.29) is 25.4 Å². The Bertz CT molecular complexity index is 1080. The van der Waals surface area contributed by atoms with Crippen molar-refractivity contribution in [2.24, 2.45) is 0 Å². The van der Waals surface area contributed by atoms with Gasteiger partial charge in [0.2, 0.25) is 11.4 Å². The average molecular weight is 462 g/mol. The van der Waals surface area contributed by atoms with Crippen molar-refractivity contribution >= 4 is 18.0 Å². The van der Waals surface area contributed by atoms with Crippen LogP contribution in [0.15, 0.2) is 48.5 Å². The minimum atomic E-state index is -5.23. The highest BCUT2D eigenvalue weighted by Crippen LogP contribution is 2.44. The summed E-state index contributed by atoms with van der Waals surface area (Å²) in [5.41, 5.74) is -1.10. The van der Waals surface area contributed by atoms with E-state index in [1.807, 2.05) is 48.5 Å². The zero-order chi connectivity index (χ0) is 24.0. The number of carboxylic acids is 1. The summed E-state index contributed by atoms with van der Waals surface area (Å²) in [7, 11) is 0. The topological polar surface area (TPSA) is 105 Å². The van der Waals surface area contributed by atoms with Crippen LogP contribution in [0.1, 0.15) is 36.8 Å². The van der Waals surface area contributed by atoms with Crippen LogP contribution in [-0.2, 0) is 14.3 Å². The monoisotopic (exact) mass is 462 g/mol. The van der Waals surface area contributed by atoms with Gasteiger partial charge in [-0.3, -0.25) is 4.79 Å². The van der Waals surface area contributed by atoms with Gasteiger partial charge in [-0.15, -0.1) is 0 Å². The first-order valence-electron chi connectivity index (χ1n) is 10.2. The highest BCUT2D eigenvalue weighted by atomic mass is 19.4. The number of carbonyl (C=O) groups excluding carboxylic acids is 2. The number of alkyl carbamates (subject to hydrolysis) is 1. The molecule has 7 nitrogen and oxygen atoms in total. The van der Waals surface area contributed by atoms with Gasteiger partial charge in [0.1, 0.15) is 12.1 Å². The third-order valence-corrected chi connectivity index (χ3v) is 6.23. The molecule has 0 saturated heterocycles. The number of nitrogens with one attached hydrogen (secondary N) is 2. The van der Waals surface area contributed by atoms with Gasteiger partial charge in [-0.2, -0.15) is 13.2 Å². The smallest absolute Gasteiger partial charge is 0.422 e. The Morgan fingerprint density at radius 2 is 1.55 bits per heavy atom. The van der Waals surface area contributed by atoms with Gasteiger partial charge in [-0.25, -0.2) is 9.59 Å². The average Bonchev–Trinajstić information content (AvgIpc) is 3.47. The van der Waals surface area contributed by atoms with Crippen LogP contribution in [0.2, 0.25) is 0 Å². The molecule has 0 spiro atoms. The van der Waals surface area contributed by atoms with Crippen molar-refractivity contribution in [3.63, 3.8) is 0 Å². The lowest BCUT2D eigenvalue weighted by molar-refractivity contribution is -0.207. The first-order valence-corrected chi connectivity index (χ1v) is 10.2. The minimum absolute atomic E-state index is 0.0348. The number of carboxylic acid groups (broad SMARTS) is 1. The molecule has 2 aromatic carbocycles. The van der Waals surface area contributed by atoms with Gasteiger partial charge in [0.05, 0.1) is 0 Å². The molecular formula is C23H21F3N2O5. The second-order valence-corrected chi connectivity index (χ2v) is 8.41. The molecule has 0 aromatic heterocycles. The van der Waals surface area contributed by atoms with E-state index in [4.69, 9.17) is 9.84 Å². The lowest BCUT2D eigenvalue weighted by Crippen LogP contribution is -2.65. The summed E-state index contributed by atoms with van der Waals surface area (Å²) in [5, 5.41) is 12.9. The van der Waals surface area contributed by atoms with Crippen molar-refractivity contribution < 1.29 is 37.4 Å². The quantitative estimate of drug-likeness (QED) is 0.609. The van der Waals surface area contributed by atoms with E-state index in [1.54, 1.807) is 0 Å². The molecule has 2 amide bonds. The third-order valence-electron chi connectivity index (χ3n) is 6.23. The van der Waals surface area contributed by atoms with Crippen LogP contribution in [-0.4, -0.2) is 46.9 Å². The zero-order valence-corrected chi connectivity index (χ0v) is 17.5. The van der Waals surface area contributed by atoms with Gasteiger partial charge in [-0.1, -0.05) is 48.5 Å². The number of ether oxygens (including phenoxy) is 1. The summed E-state index contributed by atoms with van der Waals surface area (Å²) in [5.74, 6) is -3.70. The molecule has 1 atom stereocenters. The van der Waals surface area contributed by atoms with Gasteiger partial charge in [0.15, 0.2) is 0 Å². The van der Waals surface area contributed by atoms with Crippen molar-refractivity contribution in [2.75, 3.05) is 6.61 Å². The first kappa shape index (κ1) is 22.6. The summed E-state index contributed by atoms with van der Waals surface area (Å²) in [6.45, 7) is 0.323. The molecule has 2 aliphatic rings. The van der Waals surface area contributed by atoms with E-state index < -0.39 is 35.2 Å². The Morgan fingerprint density at radius 3 is 2.00 bits per heavy atom. The number of rotatable bonds is 6. The lowest BCUT2D eigenvalue weighted by atomic mass is 9.98. The van der Waals surface area contributed by atoms with Gasteiger partial charge in [0.25, 0.3) is 0 Å². The van der Waals surface area contributed by atoms with Crippen LogP contribution >= 0.6 is 0 Å². The van der Waals surface area contributed by atoms with E-state index in [9.17, 15) is 27.6 Å². The number of aliphatic carboxylic acids is 1. The molecule has 10 heteroatoms. The van der Waals surface area contributed by atoms with Crippen molar-refractivity contribution in [1.29, 1.82) is 0 Å². The van der Waals surface area contributed by atoms with Crippen LogP contribution < -0.4 is 10.6 Å². The molecule has 33 heavy (non-hydrogen) atoms. The van der Waals surface area contributed by atoms with E-state index in [0.717, 1.165) is 22.3 Å². The Labute approximate surface area is 186 Å². The van der Waals surface area contributed by atoms with Crippen LogP contribution in [0.3, 0.4) is 0 Å². The second-order valence-electron chi connectivity index (χ2n) is 8.41. The molecule has 0 heterocycles. The Balaban J connectivity index is 1.43. The highest BCUT2D eigenvalue weighted by molar-refractivity contribution is 5.96. The van der Waals surface area contributed by atoms with Crippen LogP contribution in [0, 0.1) is 0 Å². The molecule has 4 rings (SSSR count). The summed E-state index contributed by atoms with van der Waals surface area (Å²) in [4.78, 5) is 36.1. The third kappa shape index (κ3) is 3.90.